The summed E-state index contributed by atoms with van der Waals surface area (Å²) in [6.45, 7) is 4.18. The second-order valence-corrected chi connectivity index (χ2v) is 6.17. The van der Waals surface area contributed by atoms with Gasteiger partial charge in [-0.25, -0.2) is 9.67 Å². The van der Waals surface area contributed by atoms with Crippen molar-refractivity contribution in [3.8, 4) is 5.82 Å². The van der Waals surface area contributed by atoms with Gasteiger partial charge in [0.1, 0.15) is 0 Å². The van der Waals surface area contributed by atoms with Crippen LogP contribution in [0.4, 0.5) is 0 Å². The molecule has 22 heavy (non-hydrogen) atoms. The number of nitrogens with two attached hydrogens (primary N) is 1. The molecule has 3 N–H and O–H groups in total. The monoisotopic (exact) mass is 299 g/mol. The summed E-state index contributed by atoms with van der Waals surface area (Å²) in [5.74, 6) is 0.975. The van der Waals surface area contributed by atoms with E-state index in [1.165, 1.54) is 0 Å². The van der Waals surface area contributed by atoms with Crippen LogP contribution in [0.25, 0.3) is 5.82 Å². The van der Waals surface area contributed by atoms with Crippen molar-refractivity contribution in [2.45, 2.75) is 38.8 Å². The number of aromatic nitrogens is 3. The van der Waals surface area contributed by atoms with E-state index < -0.39 is 5.54 Å². The predicted molar refractivity (Wildman–Crippen MR) is 83.3 cm³/mol. The summed E-state index contributed by atoms with van der Waals surface area (Å²) in [6, 6.07) is 5.75. The summed E-state index contributed by atoms with van der Waals surface area (Å²) in [4.78, 5) is 16.5. The van der Waals surface area contributed by atoms with E-state index in [9.17, 15) is 4.79 Å². The maximum Gasteiger partial charge on any atom is 0.240 e. The molecule has 1 atom stereocenters. The predicted octanol–water partition coefficient (Wildman–Crippen LogP) is 1.32. The van der Waals surface area contributed by atoms with Crippen LogP contribution in [-0.2, 0) is 11.3 Å². The van der Waals surface area contributed by atoms with Crippen LogP contribution in [0.5, 0.6) is 0 Å². The highest BCUT2D eigenvalue weighted by atomic mass is 16.2. The number of nitrogens with zero attached hydrogens (tertiary/aromatic N) is 3. The molecular weight excluding hydrogens is 278 g/mol. The molecule has 2 aromatic heterocycles. The number of nitrogens with one attached hydrogen (secondary N) is 1. The number of rotatable bonds is 5. The number of amides is 1. The Bertz CT molecular complexity index is 670. The Morgan fingerprint density at radius 3 is 2.77 bits per heavy atom. The number of carbonyl (C=O) groups is 1. The van der Waals surface area contributed by atoms with Crippen LogP contribution in [0.1, 0.15) is 31.0 Å². The highest BCUT2D eigenvalue weighted by Crippen LogP contribution is 2.38. The van der Waals surface area contributed by atoms with Crippen molar-refractivity contribution in [1.82, 2.24) is 20.1 Å². The molecule has 1 aliphatic rings. The summed E-state index contributed by atoms with van der Waals surface area (Å²) < 4.78 is 1.72. The van der Waals surface area contributed by atoms with Crippen LogP contribution in [0.2, 0.25) is 0 Å². The van der Waals surface area contributed by atoms with Gasteiger partial charge in [-0.2, -0.15) is 5.10 Å². The van der Waals surface area contributed by atoms with Crippen LogP contribution < -0.4 is 11.1 Å². The zero-order chi connectivity index (χ0) is 15.7. The van der Waals surface area contributed by atoms with Crippen molar-refractivity contribution >= 4 is 5.91 Å². The van der Waals surface area contributed by atoms with Gasteiger partial charge in [0.05, 0.1) is 11.2 Å². The Hall–Kier alpha value is -2.21. The number of hydrogen-bond donors (Lipinski definition) is 2. The van der Waals surface area contributed by atoms with Crippen molar-refractivity contribution in [2.24, 2.45) is 11.7 Å². The smallest absolute Gasteiger partial charge is 0.240 e. The van der Waals surface area contributed by atoms with Gasteiger partial charge in [0.2, 0.25) is 5.91 Å². The van der Waals surface area contributed by atoms with Gasteiger partial charge in [-0.05, 0) is 50.3 Å². The van der Waals surface area contributed by atoms with Gasteiger partial charge < -0.3 is 11.1 Å². The standard InChI is InChI=1S/C16H21N5O/c1-11-7-8-21(20-11)14-6-3-12(9-18-14)10-19-15(22)16(2,17)13-4-5-13/h3,6-9,13H,4-5,10,17H2,1-2H3,(H,19,22). The highest BCUT2D eigenvalue weighted by Gasteiger charge is 2.43. The van der Waals surface area contributed by atoms with E-state index in [-0.39, 0.29) is 5.91 Å². The van der Waals surface area contributed by atoms with Gasteiger partial charge in [-0.3, -0.25) is 4.79 Å². The van der Waals surface area contributed by atoms with E-state index in [1.54, 1.807) is 17.8 Å². The maximum atomic E-state index is 12.1. The zero-order valence-electron chi connectivity index (χ0n) is 12.9. The summed E-state index contributed by atoms with van der Waals surface area (Å²) in [5, 5.41) is 7.21. The van der Waals surface area contributed by atoms with Gasteiger partial charge in [-0.1, -0.05) is 6.07 Å². The second-order valence-electron chi connectivity index (χ2n) is 6.17. The molecule has 3 rings (SSSR count). The first-order chi connectivity index (χ1) is 10.5. The first kappa shape index (κ1) is 14.7. The van der Waals surface area contributed by atoms with Crippen molar-refractivity contribution in [2.75, 3.05) is 0 Å². The Morgan fingerprint density at radius 2 is 2.23 bits per heavy atom. The van der Waals surface area contributed by atoms with Gasteiger partial charge in [0.15, 0.2) is 5.82 Å². The SMILES string of the molecule is Cc1ccn(-c2ccc(CNC(=O)C(C)(N)C3CC3)cn2)n1. The first-order valence-electron chi connectivity index (χ1n) is 7.51. The Labute approximate surface area is 129 Å². The average Bonchev–Trinajstić information content (AvgIpc) is 3.28. The fourth-order valence-electron chi connectivity index (χ4n) is 2.44. The fraction of sp³-hybridized carbons (Fsp3) is 0.438. The van der Waals surface area contributed by atoms with E-state index in [1.807, 2.05) is 31.3 Å². The van der Waals surface area contributed by atoms with Gasteiger partial charge in [-0.15, -0.1) is 0 Å². The molecule has 1 unspecified atom stereocenters. The molecule has 0 aliphatic heterocycles. The molecule has 6 heteroatoms. The third-order valence-electron chi connectivity index (χ3n) is 4.13. The van der Waals surface area contributed by atoms with Gasteiger partial charge >= 0.3 is 0 Å². The van der Waals surface area contributed by atoms with Crippen molar-refractivity contribution in [3.63, 3.8) is 0 Å². The molecule has 116 valence electrons. The van der Waals surface area contributed by atoms with Gasteiger partial charge in [0.25, 0.3) is 0 Å². The quantitative estimate of drug-likeness (QED) is 0.872. The first-order valence-corrected chi connectivity index (χ1v) is 7.51. The number of aryl methyl sites for hydroxylation is 1. The summed E-state index contributed by atoms with van der Waals surface area (Å²) in [6.07, 6.45) is 5.70. The van der Waals surface area contributed by atoms with Gasteiger partial charge in [0, 0.05) is 18.9 Å². The molecule has 0 aromatic carbocycles. The third kappa shape index (κ3) is 3.01. The topological polar surface area (TPSA) is 85.8 Å². The Balaban J connectivity index is 1.60. The molecule has 1 fully saturated rings. The molecule has 0 radical (unpaired) electrons. The lowest BCUT2D eigenvalue weighted by Crippen LogP contribution is -2.53. The summed E-state index contributed by atoms with van der Waals surface area (Å²) in [7, 11) is 0. The minimum absolute atomic E-state index is 0.0956. The fourth-order valence-corrected chi connectivity index (χ4v) is 2.44. The molecule has 0 saturated heterocycles. The maximum absolute atomic E-state index is 12.1. The van der Waals surface area contributed by atoms with Crippen LogP contribution >= 0.6 is 0 Å². The minimum Gasteiger partial charge on any atom is -0.350 e. The molecule has 0 bridgehead atoms. The van der Waals surface area contributed by atoms with E-state index in [0.717, 1.165) is 29.9 Å². The summed E-state index contributed by atoms with van der Waals surface area (Å²) in [5.41, 5.74) is 7.21. The van der Waals surface area contributed by atoms with Crippen LogP contribution in [-0.4, -0.2) is 26.2 Å². The Kier molecular flexibility index (Phi) is 3.70. The van der Waals surface area contributed by atoms with Crippen molar-refractivity contribution in [3.05, 3.63) is 41.9 Å². The average molecular weight is 299 g/mol. The lowest BCUT2D eigenvalue weighted by molar-refractivity contribution is -0.126. The third-order valence-corrected chi connectivity index (χ3v) is 4.13. The molecular formula is C16H21N5O. The van der Waals surface area contributed by atoms with Crippen LogP contribution in [0, 0.1) is 12.8 Å². The second kappa shape index (κ2) is 5.53. The van der Waals surface area contributed by atoms with Crippen molar-refractivity contribution < 1.29 is 4.79 Å². The molecule has 2 heterocycles. The lowest BCUT2D eigenvalue weighted by atomic mass is 9.96. The van der Waals surface area contributed by atoms with E-state index in [2.05, 4.69) is 15.4 Å². The largest absolute Gasteiger partial charge is 0.350 e. The van der Waals surface area contributed by atoms with Crippen molar-refractivity contribution in [1.29, 1.82) is 0 Å². The zero-order valence-corrected chi connectivity index (χ0v) is 12.9. The van der Waals surface area contributed by atoms with E-state index in [0.29, 0.717) is 12.5 Å². The minimum atomic E-state index is -0.764. The molecule has 6 nitrogen and oxygen atoms in total. The molecule has 1 aliphatic carbocycles. The highest BCUT2D eigenvalue weighted by molar-refractivity contribution is 5.86. The Morgan fingerprint density at radius 1 is 1.45 bits per heavy atom. The summed E-state index contributed by atoms with van der Waals surface area (Å²) >= 11 is 0. The van der Waals surface area contributed by atoms with E-state index in [4.69, 9.17) is 5.73 Å². The van der Waals surface area contributed by atoms with Crippen LogP contribution in [0.3, 0.4) is 0 Å². The lowest BCUT2D eigenvalue weighted by Gasteiger charge is -2.23. The number of hydrogen-bond acceptors (Lipinski definition) is 4. The number of pyridine rings is 1. The van der Waals surface area contributed by atoms with Crippen LogP contribution in [0.15, 0.2) is 30.6 Å². The number of carbonyl (C=O) groups excluding carboxylic acids is 1. The molecule has 2 aromatic rings. The van der Waals surface area contributed by atoms with E-state index >= 15 is 0 Å². The molecule has 1 amide bonds. The normalized spacial score (nSPS) is 17.0. The molecule has 1 saturated carbocycles. The molecule has 0 spiro atoms.